The van der Waals surface area contributed by atoms with Crippen molar-refractivity contribution in [2.75, 3.05) is 19.5 Å². The van der Waals surface area contributed by atoms with Crippen LogP contribution in [-0.4, -0.2) is 38.6 Å². The molecule has 6 nitrogen and oxygen atoms in total. The number of fused-ring (bicyclic) bond motifs is 3. The number of ether oxygens (including phenoxy) is 1. The summed E-state index contributed by atoms with van der Waals surface area (Å²) in [6.07, 6.45) is 0.921. The Labute approximate surface area is 167 Å². The van der Waals surface area contributed by atoms with Gasteiger partial charge in [-0.2, -0.15) is 0 Å². The maximum absolute atomic E-state index is 13.4. The SMILES string of the molecule is COCCCSc1nnc2n(-c3cccc(C)c3C)c(=O)c3ccccc3n12. The molecule has 2 heterocycles. The minimum atomic E-state index is -0.0832. The Bertz CT molecular complexity index is 1210. The standard InChI is InChI=1S/C21H22N4O2S/c1-14-8-6-11-17(15(14)2)24-19(26)16-9-4-5-10-18(16)25-20(24)22-23-21(25)28-13-7-12-27-3/h4-6,8-11H,7,12-13H2,1-3H3. The van der Waals surface area contributed by atoms with Crippen molar-refractivity contribution in [3.05, 3.63) is 63.9 Å². The monoisotopic (exact) mass is 394 g/mol. The summed E-state index contributed by atoms with van der Waals surface area (Å²) in [5, 5.41) is 10.2. The van der Waals surface area contributed by atoms with Crippen LogP contribution in [0.2, 0.25) is 0 Å². The van der Waals surface area contributed by atoms with Crippen LogP contribution in [0.5, 0.6) is 0 Å². The van der Waals surface area contributed by atoms with E-state index in [4.69, 9.17) is 4.74 Å². The zero-order valence-electron chi connectivity index (χ0n) is 16.2. The number of aromatic nitrogens is 4. The van der Waals surface area contributed by atoms with Crippen LogP contribution in [-0.2, 0) is 4.74 Å². The van der Waals surface area contributed by atoms with Crippen LogP contribution in [0.4, 0.5) is 0 Å². The second-order valence-corrected chi connectivity index (χ2v) is 7.75. The molecule has 0 saturated carbocycles. The van der Waals surface area contributed by atoms with E-state index in [1.165, 1.54) is 0 Å². The molecule has 0 aliphatic heterocycles. The zero-order valence-corrected chi connectivity index (χ0v) is 17.0. The molecule has 0 fully saturated rings. The highest BCUT2D eigenvalue weighted by molar-refractivity contribution is 7.99. The fourth-order valence-corrected chi connectivity index (χ4v) is 4.19. The number of para-hydroxylation sites is 1. The summed E-state index contributed by atoms with van der Waals surface area (Å²) >= 11 is 1.62. The number of rotatable bonds is 6. The van der Waals surface area contributed by atoms with Gasteiger partial charge in [-0.05, 0) is 49.6 Å². The van der Waals surface area contributed by atoms with E-state index in [0.717, 1.165) is 39.7 Å². The molecule has 144 valence electrons. The molecule has 0 aliphatic carbocycles. The molecule has 0 spiro atoms. The summed E-state index contributed by atoms with van der Waals surface area (Å²) in [4.78, 5) is 13.4. The Kier molecular flexibility index (Phi) is 5.19. The van der Waals surface area contributed by atoms with Crippen molar-refractivity contribution in [1.29, 1.82) is 0 Å². The van der Waals surface area contributed by atoms with Gasteiger partial charge in [-0.15, -0.1) is 10.2 Å². The Morgan fingerprint density at radius 2 is 1.89 bits per heavy atom. The van der Waals surface area contributed by atoms with Crippen LogP contribution in [0.1, 0.15) is 17.5 Å². The molecule has 0 aliphatic rings. The van der Waals surface area contributed by atoms with Crippen molar-refractivity contribution in [1.82, 2.24) is 19.2 Å². The number of hydrogen-bond donors (Lipinski definition) is 0. The van der Waals surface area contributed by atoms with Crippen molar-refractivity contribution in [2.45, 2.75) is 25.4 Å². The van der Waals surface area contributed by atoms with Crippen LogP contribution < -0.4 is 5.56 Å². The number of methoxy groups -OCH3 is 1. The highest BCUT2D eigenvalue weighted by Crippen LogP contribution is 2.25. The lowest BCUT2D eigenvalue weighted by molar-refractivity contribution is 0.200. The smallest absolute Gasteiger partial charge is 0.267 e. The quantitative estimate of drug-likeness (QED) is 0.368. The van der Waals surface area contributed by atoms with Crippen LogP contribution in [0.3, 0.4) is 0 Å². The average Bonchev–Trinajstić information content (AvgIpc) is 3.12. The third kappa shape index (κ3) is 3.10. The van der Waals surface area contributed by atoms with E-state index in [1.54, 1.807) is 23.4 Å². The molecular weight excluding hydrogens is 372 g/mol. The molecule has 0 atom stereocenters. The number of nitrogens with zero attached hydrogens (tertiary/aromatic N) is 4. The van der Waals surface area contributed by atoms with E-state index >= 15 is 0 Å². The maximum Gasteiger partial charge on any atom is 0.267 e. The summed E-state index contributed by atoms with van der Waals surface area (Å²) in [5.41, 5.74) is 3.76. The lowest BCUT2D eigenvalue weighted by Gasteiger charge is -2.14. The van der Waals surface area contributed by atoms with Crippen molar-refractivity contribution >= 4 is 28.4 Å². The van der Waals surface area contributed by atoms with Gasteiger partial charge in [0.1, 0.15) is 0 Å². The molecule has 0 amide bonds. The Balaban J connectivity index is 2.00. The van der Waals surface area contributed by atoms with Gasteiger partial charge in [-0.25, -0.2) is 4.57 Å². The molecule has 28 heavy (non-hydrogen) atoms. The highest BCUT2D eigenvalue weighted by atomic mass is 32.2. The molecule has 2 aromatic heterocycles. The number of benzene rings is 2. The number of aryl methyl sites for hydroxylation is 1. The Morgan fingerprint density at radius 3 is 2.71 bits per heavy atom. The molecule has 0 unspecified atom stereocenters. The van der Waals surface area contributed by atoms with Gasteiger partial charge in [0.2, 0.25) is 5.78 Å². The third-order valence-corrected chi connectivity index (χ3v) is 5.95. The molecular formula is C21H22N4O2S. The summed E-state index contributed by atoms with van der Waals surface area (Å²) < 4.78 is 8.79. The molecule has 4 aromatic rings. The molecule has 2 aromatic carbocycles. The first-order chi connectivity index (χ1) is 13.6. The van der Waals surface area contributed by atoms with E-state index in [1.807, 2.05) is 60.7 Å². The lowest BCUT2D eigenvalue weighted by Crippen LogP contribution is -2.22. The molecule has 0 saturated heterocycles. The fraction of sp³-hybridized carbons (Fsp3) is 0.286. The first kappa shape index (κ1) is 18.7. The second-order valence-electron chi connectivity index (χ2n) is 6.69. The van der Waals surface area contributed by atoms with Gasteiger partial charge < -0.3 is 4.74 Å². The van der Waals surface area contributed by atoms with Gasteiger partial charge >= 0.3 is 0 Å². The molecule has 0 N–H and O–H groups in total. The summed E-state index contributed by atoms with van der Waals surface area (Å²) in [6, 6.07) is 13.6. The third-order valence-electron chi connectivity index (χ3n) is 4.94. The summed E-state index contributed by atoms with van der Waals surface area (Å²) in [5.74, 6) is 1.40. The van der Waals surface area contributed by atoms with Crippen molar-refractivity contribution in [3.63, 3.8) is 0 Å². The molecule has 0 radical (unpaired) electrons. The van der Waals surface area contributed by atoms with Crippen molar-refractivity contribution < 1.29 is 4.74 Å². The van der Waals surface area contributed by atoms with Crippen LogP contribution in [0, 0.1) is 13.8 Å². The number of hydrogen-bond acceptors (Lipinski definition) is 5. The minimum Gasteiger partial charge on any atom is -0.385 e. The van der Waals surface area contributed by atoms with Crippen LogP contribution in [0.15, 0.2) is 52.4 Å². The summed E-state index contributed by atoms with van der Waals surface area (Å²) in [7, 11) is 1.70. The van der Waals surface area contributed by atoms with Crippen molar-refractivity contribution in [2.24, 2.45) is 0 Å². The van der Waals surface area contributed by atoms with E-state index in [2.05, 4.69) is 10.2 Å². The lowest BCUT2D eigenvalue weighted by atomic mass is 10.1. The van der Waals surface area contributed by atoms with E-state index in [9.17, 15) is 4.79 Å². The van der Waals surface area contributed by atoms with Gasteiger partial charge in [0.25, 0.3) is 5.56 Å². The average molecular weight is 395 g/mol. The first-order valence-electron chi connectivity index (χ1n) is 9.20. The predicted molar refractivity (Wildman–Crippen MR) is 113 cm³/mol. The van der Waals surface area contributed by atoms with Gasteiger partial charge in [0.15, 0.2) is 5.16 Å². The molecule has 0 bridgehead atoms. The fourth-order valence-electron chi connectivity index (χ4n) is 3.33. The molecule has 4 rings (SSSR count). The topological polar surface area (TPSA) is 61.4 Å². The van der Waals surface area contributed by atoms with Crippen LogP contribution in [0.25, 0.3) is 22.4 Å². The highest BCUT2D eigenvalue weighted by Gasteiger charge is 2.18. The van der Waals surface area contributed by atoms with Crippen LogP contribution >= 0.6 is 11.8 Å². The van der Waals surface area contributed by atoms with Gasteiger partial charge in [-0.3, -0.25) is 9.20 Å². The zero-order chi connectivity index (χ0) is 19.7. The second kappa shape index (κ2) is 7.77. The minimum absolute atomic E-state index is 0.0832. The largest absolute Gasteiger partial charge is 0.385 e. The van der Waals surface area contributed by atoms with Gasteiger partial charge in [-0.1, -0.05) is 36.0 Å². The Morgan fingerprint density at radius 1 is 1.07 bits per heavy atom. The van der Waals surface area contributed by atoms with Gasteiger partial charge in [0.05, 0.1) is 16.6 Å². The molecule has 7 heteroatoms. The normalized spacial score (nSPS) is 11.5. The first-order valence-corrected chi connectivity index (χ1v) is 10.2. The van der Waals surface area contributed by atoms with Gasteiger partial charge in [0, 0.05) is 19.5 Å². The van der Waals surface area contributed by atoms with E-state index < -0.39 is 0 Å². The maximum atomic E-state index is 13.4. The summed E-state index contributed by atoms with van der Waals surface area (Å²) in [6.45, 7) is 4.78. The Hall–Kier alpha value is -2.64. The van der Waals surface area contributed by atoms with E-state index in [0.29, 0.717) is 17.8 Å². The predicted octanol–water partition coefficient (Wildman–Crippen LogP) is 3.78. The number of thioether (sulfide) groups is 1. The van der Waals surface area contributed by atoms with Crippen molar-refractivity contribution in [3.8, 4) is 5.69 Å². The van der Waals surface area contributed by atoms with E-state index in [-0.39, 0.29) is 5.56 Å².